The highest BCUT2D eigenvalue weighted by molar-refractivity contribution is 5.82. The van der Waals surface area contributed by atoms with Crippen LogP contribution in [0.5, 0.6) is 5.75 Å². The van der Waals surface area contributed by atoms with E-state index in [-0.39, 0.29) is 6.04 Å². The number of hydrogen-bond acceptors (Lipinski definition) is 3. The molecule has 0 radical (unpaired) electrons. The maximum atomic E-state index is 12.4. The van der Waals surface area contributed by atoms with Crippen LogP contribution in [0.3, 0.4) is 0 Å². The third kappa shape index (κ3) is 2.34. The highest BCUT2D eigenvalue weighted by Crippen LogP contribution is 2.57. The zero-order valence-electron chi connectivity index (χ0n) is 13.1. The topological polar surface area (TPSA) is 41.6 Å². The number of hydrogen-bond donors (Lipinski definition) is 1. The molecular weight excluding hydrogens is 276 g/mol. The molecule has 4 rings (SSSR count). The van der Waals surface area contributed by atoms with Gasteiger partial charge in [0.1, 0.15) is 5.75 Å². The lowest BCUT2D eigenvalue weighted by molar-refractivity contribution is -0.123. The van der Waals surface area contributed by atoms with E-state index in [1.165, 1.54) is 19.3 Å². The molecule has 0 aromatic heterocycles. The molecule has 22 heavy (non-hydrogen) atoms. The predicted octanol–water partition coefficient (Wildman–Crippen LogP) is 2.44. The zero-order chi connectivity index (χ0) is 15.1. The van der Waals surface area contributed by atoms with Crippen LogP contribution in [-0.2, 0) is 4.79 Å². The van der Waals surface area contributed by atoms with Crippen LogP contribution >= 0.6 is 0 Å². The van der Waals surface area contributed by atoms with E-state index < -0.39 is 0 Å². The molecule has 2 aliphatic carbocycles. The van der Waals surface area contributed by atoms with E-state index in [1.54, 1.807) is 7.11 Å². The molecule has 1 aliphatic heterocycles. The number of nitrogens with zero attached hydrogens (tertiary/aromatic N) is 1. The molecule has 118 valence electrons. The van der Waals surface area contributed by atoms with Crippen molar-refractivity contribution in [3.63, 3.8) is 0 Å². The van der Waals surface area contributed by atoms with Gasteiger partial charge in [0.25, 0.3) is 0 Å². The largest absolute Gasteiger partial charge is 0.495 e. The Balaban J connectivity index is 1.35. The van der Waals surface area contributed by atoms with Gasteiger partial charge in [-0.05, 0) is 43.2 Å². The van der Waals surface area contributed by atoms with Crippen molar-refractivity contribution in [1.29, 1.82) is 0 Å². The van der Waals surface area contributed by atoms with Crippen LogP contribution in [0.1, 0.15) is 25.7 Å². The number of anilines is 1. The van der Waals surface area contributed by atoms with Crippen molar-refractivity contribution in [2.75, 3.05) is 25.1 Å². The lowest BCUT2D eigenvalue weighted by Crippen LogP contribution is -2.38. The first kappa shape index (κ1) is 13.9. The van der Waals surface area contributed by atoms with Gasteiger partial charge in [0.2, 0.25) is 5.91 Å². The Labute approximate surface area is 131 Å². The minimum Gasteiger partial charge on any atom is -0.495 e. The SMILES string of the molecule is COc1ccccc1N1CC[C@H](NC(=O)C2[C@H]3CCC[C@H]23)C1. The average molecular weight is 300 g/mol. The molecule has 2 saturated carbocycles. The third-order valence-corrected chi connectivity index (χ3v) is 5.67. The van der Waals surface area contributed by atoms with Crippen molar-refractivity contribution in [1.82, 2.24) is 5.32 Å². The first-order valence-electron chi connectivity index (χ1n) is 8.46. The van der Waals surface area contributed by atoms with Crippen LogP contribution in [0, 0.1) is 17.8 Å². The summed E-state index contributed by atoms with van der Waals surface area (Å²) in [6, 6.07) is 8.39. The van der Waals surface area contributed by atoms with Crippen LogP contribution in [0.15, 0.2) is 24.3 Å². The summed E-state index contributed by atoms with van der Waals surface area (Å²) in [5, 5.41) is 3.29. The number of carbonyl (C=O) groups excluding carboxylic acids is 1. The van der Waals surface area contributed by atoms with Gasteiger partial charge < -0.3 is 15.0 Å². The molecule has 1 aromatic carbocycles. The molecule has 0 bridgehead atoms. The van der Waals surface area contributed by atoms with Crippen molar-refractivity contribution in [2.45, 2.75) is 31.7 Å². The maximum absolute atomic E-state index is 12.4. The van der Waals surface area contributed by atoms with Gasteiger partial charge in [0.15, 0.2) is 0 Å². The Hall–Kier alpha value is -1.71. The molecular formula is C18H24N2O2. The summed E-state index contributed by atoms with van der Waals surface area (Å²) >= 11 is 0. The fourth-order valence-corrected chi connectivity index (χ4v) is 4.50. The molecule has 1 N–H and O–H groups in total. The Morgan fingerprint density at radius 3 is 2.77 bits per heavy atom. The minimum absolute atomic E-state index is 0.277. The molecule has 3 aliphatic rings. The molecule has 1 heterocycles. The van der Waals surface area contributed by atoms with E-state index in [9.17, 15) is 4.79 Å². The Bertz CT molecular complexity index is 564. The summed E-state index contributed by atoms with van der Waals surface area (Å²) < 4.78 is 5.44. The number of methoxy groups -OCH3 is 1. The molecule has 3 atom stereocenters. The second kappa shape index (κ2) is 5.49. The second-order valence-electron chi connectivity index (χ2n) is 6.90. The van der Waals surface area contributed by atoms with Crippen molar-refractivity contribution in [2.24, 2.45) is 17.8 Å². The molecule has 1 aromatic rings. The Morgan fingerprint density at radius 2 is 2.00 bits per heavy atom. The smallest absolute Gasteiger partial charge is 0.223 e. The molecule has 0 spiro atoms. The number of amides is 1. The summed E-state index contributed by atoms with van der Waals surface area (Å²) in [7, 11) is 1.71. The summed E-state index contributed by atoms with van der Waals surface area (Å²) in [5.74, 6) is 2.94. The highest BCUT2D eigenvalue weighted by Gasteiger charge is 2.56. The number of carbonyl (C=O) groups is 1. The van der Waals surface area contributed by atoms with Gasteiger partial charge in [-0.15, -0.1) is 0 Å². The van der Waals surface area contributed by atoms with Gasteiger partial charge in [-0.1, -0.05) is 18.6 Å². The highest BCUT2D eigenvalue weighted by atomic mass is 16.5. The summed E-state index contributed by atoms with van der Waals surface area (Å²) in [6.45, 7) is 1.86. The number of fused-ring (bicyclic) bond motifs is 1. The third-order valence-electron chi connectivity index (χ3n) is 5.67. The fraction of sp³-hybridized carbons (Fsp3) is 0.611. The molecule has 4 nitrogen and oxygen atoms in total. The molecule has 3 fully saturated rings. The summed E-state index contributed by atoms with van der Waals surface area (Å²) in [4.78, 5) is 14.7. The van der Waals surface area contributed by atoms with Crippen molar-refractivity contribution < 1.29 is 9.53 Å². The molecule has 1 amide bonds. The minimum atomic E-state index is 0.277. The zero-order valence-corrected chi connectivity index (χ0v) is 13.1. The van der Waals surface area contributed by atoms with Gasteiger partial charge in [0, 0.05) is 25.0 Å². The van der Waals surface area contributed by atoms with Gasteiger partial charge >= 0.3 is 0 Å². The molecule has 0 unspecified atom stereocenters. The predicted molar refractivity (Wildman–Crippen MR) is 86.1 cm³/mol. The van der Waals surface area contributed by atoms with Gasteiger partial charge in [-0.2, -0.15) is 0 Å². The Kier molecular flexibility index (Phi) is 3.47. The first-order valence-corrected chi connectivity index (χ1v) is 8.46. The van der Waals surface area contributed by atoms with Gasteiger partial charge in [0.05, 0.1) is 12.8 Å². The van der Waals surface area contributed by atoms with Crippen LogP contribution in [-0.4, -0.2) is 32.1 Å². The maximum Gasteiger partial charge on any atom is 0.223 e. The van der Waals surface area contributed by atoms with E-state index in [0.717, 1.165) is 30.9 Å². The van der Waals surface area contributed by atoms with E-state index >= 15 is 0 Å². The van der Waals surface area contributed by atoms with Crippen molar-refractivity contribution >= 4 is 11.6 Å². The van der Waals surface area contributed by atoms with E-state index in [1.807, 2.05) is 18.2 Å². The fourth-order valence-electron chi connectivity index (χ4n) is 4.50. The van der Waals surface area contributed by atoms with E-state index in [2.05, 4.69) is 16.3 Å². The lowest BCUT2D eigenvalue weighted by atomic mass is 10.1. The van der Waals surface area contributed by atoms with Crippen LogP contribution in [0.2, 0.25) is 0 Å². The summed E-state index contributed by atoms with van der Waals surface area (Å²) in [5.41, 5.74) is 1.13. The van der Waals surface area contributed by atoms with Crippen LogP contribution in [0.25, 0.3) is 0 Å². The number of rotatable bonds is 4. The lowest BCUT2D eigenvalue weighted by Gasteiger charge is -2.21. The summed E-state index contributed by atoms with van der Waals surface area (Å²) in [6.07, 6.45) is 4.87. The number of benzene rings is 1. The number of para-hydroxylation sites is 2. The standard InChI is InChI=1S/C18H24N2O2/c1-22-16-8-3-2-7-15(16)20-10-9-12(11-20)19-18(21)17-13-5-4-6-14(13)17/h2-3,7-8,12-14,17H,4-6,9-11H2,1H3,(H,19,21)/t12-,13-,14-/m0/s1. The van der Waals surface area contributed by atoms with Crippen LogP contribution in [0.4, 0.5) is 5.69 Å². The molecule has 4 heteroatoms. The second-order valence-corrected chi connectivity index (χ2v) is 6.90. The molecule has 1 saturated heterocycles. The average Bonchev–Trinajstić information content (AvgIpc) is 2.92. The van der Waals surface area contributed by atoms with Gasteiger partial charge in [-0.3, -0.25) is 4.79 Å². The van der Waals surface area contributed by atoms with Crippen molar-refractivity contribution in [3.05, 3.63) is 24.3 Å². The quantitative estimate of drug-likeness (QED) is 0.928. The van der Waals surface area contributed by atoms with Gasteiger partial charge in [-0.25, -0.2) is 0 Å². The van der Waals surface area contributed by atoms with E-state index in [0.29, 0.717) is 23.7 Å². The van der Waals surface area contributed by atoms with Crippen LogP contribution < -0.4 is 15.0 Å². The van der Waals surface area contributed by atoms with E-state index in [4.69, 9.17) is 4.74 Å². The Morgan fingerprint density at radius 1 is 1.23 bits per heavy atom. The number of nitrogens with one attached hydrogen (secondary N) is 1. The monoisotopic (exact) mass is 300 g/mol. The first-order chi connectivity index (χ1) is 10.8. The number of ether oxygens (including phenoxy) is 1. The normalized spacial score (nSPS) is 32.7. The van der Waals surface area contributed by atoms with Crippen molar-refractivity contribution in [3.8, 4) is 5.75 Å².